The number of benzene rings is 1. The van der Waals surface area contributed by atoms with E-state index in [9.17, 15) is 4.79 Å². The van der Waals surface area contributed by atoms with Crippen molar-refractivity contribution in [3.05, 3.63) is 34.3 Å². The zero-order chi connectivity index (χ0) is 13.8. The fourth-order valence-corrected chi connectivity index (χ4v) is 2.38. The van der Waals surface area contributed by atoms with Gasteiger partial charge in [-0.05, 0) is 44.0 Å². The summed E-state index contributed by atoms with van der Waals surface area (Å²) in [5, 5.41) is 14.9. The Morgan fingerprint density at radius 1 is 1.16 bits per heavy atom. The molecule has 0 aliphatic rings. The molecule has 2 rings (SSSR count). The minimum Gasteiger partial charge on any atom is -0.376 e. The maximum atomic E-state index is 11.7. The second-order valence-electron chi connectivity index (χ2n) is 4.40. The average molecular weight is 276 g/mol. The predicted octanol–water partition coefficient (Wildman–Crippen LogP) is 2.51. The first-order chi connectivity index (χ1) is 9.02. The van der Waals surface area contributed by atoms with E-state index in [4.69, 9.17) is 0 Å². The van der Waals surface area contributed by atoms with E-state index in [1.807, 2.05) is 32.9 Å². The largest absolute Gasteiger partial charge is 0.376 e. The molecule has 5 nitrogen and oxygen atoms in total. The summed E-state index contributed by atoms with van der Waals surface area (Å²) >= 11 is 1.36. The highest BCUT2D eigenvalue weighted by Gasteiger charge is 2.06. The average Bonchev–Trinajstić information content (AvgIpc) is 2.71. The van der Waals surface area contributed by atoms with Crippen molar-refractivity contribution in [2.24, 2.45) is 0 Å². The third-order valence-corrected chi connectivity index (χ3v) is 3.20. The van der Waals surface area contributed by atoms with Crippen molar-refractivity contribution >= 4 is 28.1 Å². The summed E-state index contributed by atoms with van der Waals surface area (Å²) in [7, 11) is 0. The number of amides is 1. The maximum absolute atomic E-state index is 11.7. The minimum absolute atomic E-state index is 0.129. The van der Waals surface area contributed by atoms with E-state index in [2.05, 4.69) is 26.9 Å². The van der Waals surface area contributed by atoms with Gasteiger partial charge in [-0.15, -0.1) is 10.2 Å². The molecule has 1 heterocycles. The molecule has 0 atom stereocenters. The molecule has 1 aromatic heterocycles. The van der Waals surface area contributed by atoms with Crippen LogP contribution in [0, 0.1) is 20.8 Å². The highest BCUT2D eigenvalue weighted by atomic mass is 32.1. The van der Waals surface area contributed by atoms with Crippen LogP contribution in [0.2, 0.25) is 0 Å². The Morgan fingerprint density at radius 2 is 1.84 bits per heavy atom. The number of carbonyl (C=O) groups is 1. The lowest BCUT2D eigenvalue weighted by molar-refractivity contribution is -0.114. The lowest BCUT2D eigenvalue weighted by Gasteiger charge is -2.08. The first-order valence-corrected chi connectivity index (χ1v) is 6.77. The molecule has 0 saturated carbocycles. The van der Waals surface area contributed by atoms with Crippen LogP contribution < -0.4 is 10.6 Å². The molecule has 6 heteroatoms. The van der Waals surface area contributed by atoms with Crippen LogP contribution in [0.3, 0.4) is 0 Å². The molecule has 0 fully saturated rings. The van der Waals surface area contributed by atoms with E-state index in [0.717, 1.165) is 10.7 Å². The number of nitrogens with one attached hydrogen (secondary N) is 2. The highest BCUT2D eigenvalue weighted by molar-refractivity contribution is 7.15. The Morgan fingerprint density at radius 3 is 2.42 bits per heavy atom. The number of aryl methyl sites for hydroxylation is 3. The van der Waals surface area contributed by atoms with Crippen molar-refractivity contribution in [2.75, 3.05) is 17.2 Å². The molecule has 19 heavy (non-hydrogen) atoms. The molecule has 0 spiro atoms. The van der Waals surface area contributed by atoms with E-state index in [0.29, 0.717) is 5.13 Å². The van der Waals surface area contributed by atoms with Crippen LogP contribution in [0.15, 0.2) is 18.2 Å². The smallest absolute Gasteiger partial charge is 0.245 e. The Kier molecular flexibility index (Phi) is 4.11. The van der Waals surface area contributed by atoms with Gasteiger partial charge in [0.15, 0.2) is 0 Å². The van der Waals surface area contributed by atoms with Gasteiger partial charge in [0.1, 0.15) is 5.01 Å². The van der Waals surface area contributed by atoms with Crippen LogP contribution in [-0.2, 0) is 4.79 Å². The molecule has 0 bridgehead atoms. The Labute approximate surface area is 116 Å². The number of aromatic nitrogens is 2. The van der Waals surface area contributed by atoms with Crippen molar-refractivity contribution < 1.29 is 4.79 Å². The third kappa shape index (κ3) is 4.03. The van der Waals surface area contributed by atoms with Crippen molar-refractivity contribution in [1.29, 1.82) is 0 Å². The predicted molar refractivity (Wildman–Crippen MR) is 77.7 cm³/mol. The third-order valence-electron chi connectivity index (χ3n) is 2.45. The summed E-state index contributed by atoms with van der Waals surface area (Å²) in [5.74, 6) is -0.129. The van der Waals surface area contributed by atoms with Crippen molar-refractivity contribution in [3.8, 4) is 0 Å². The van der Waals surface area contributed by atoms with E-state index in [-0.39, 0.29) is 12.5 Å². The molecular formula is C13H16N4OS. The first kappa shape index (κ1) is 13.5. The van der Waals surface area contributed by atoms with E-state index < -0.39 is 0 Å². The van der Waals surface area contributed by atoms with Crippen molar-refractivity contribution in [1.82, 2.24) is 10.2 Å². The van der Waals surface area contributed by atoms with Crippen LogP contribution in [0.4, 0.5) is 10.8 Å². The zero-order valence-electron chi connectivity index (χ0n) is 11.2. The number of anilines is 2. The lowest BCUT2D eigenvalue weighted by atomic mass is 10.1. The van der Waals surface area contributed by atoms with Crippen molar-refractivity contribution in [3.63, 3.8) is 0 Å². The van der Waals surface area contributed by atoms with Gasteiger partial charge in [0, 0.05) is 5.69 Å². The quantitative estimate of drug-likeness (QED) is 0.900. The highest BCUT2D eigenvalue weighted by Crippen LogP contribution is 2.15. The number of carbonyl (C=O) groups excluding carboxylic acids is 1. The maximum Gasteiger partial charge on any atom is 0.245 e. The topological polar surface area (TPSA) is 66.9 Å². The van der Waals surface area contributed by atoms with Gasteiger partial charge < -0.3 is 5.32 Å². The molecule has 0 aliphatic heterocycles. The number of rotatable bonds is 4. The second kappa shape index (κ2) is 5.79. The molecule has 100 valence electrons. The second-order valence-corrected chi connectivity index (χ2v) is 5.59. The monoisotopic (exact) mass is 276 g/mol. The molecule has 1 aromatic carbocycles. The number of nitrogens with zero attached hydrogens (tertiary/aromatic N) is 2. The van der Waals surface area contributed by atoms with Gasteiger partial charge in [-0.2, -0.15) is 0 Å². The summed E-state index contributed by atoms with van der Waals surface area (Å²) in [6.45, 7) is 6.12. The van der Waals surface area contributed by atoms with Gasteiger partial charge in [0.25, 0.3) is 0 Å². The fraction of sp³-hybridized carbons (Fsp3) is 0.308. The van der Waals surface area contributed by atoms with E-state index >= 15 is 0 Å². The van der Waals surface area contributed by atoms with Gasteiger partial charge in [-0.25, -0.2) is 0 Å². The Bertz CT molecular complexity index is 574. The molecule has 0 radical (unpaired) electrons. The van der Waals surface area contributed by atoms with Crippen LogP contribution in [0.25, 0.3) is 0 Å². The summed E-state index contributed by atoms with van der Waals surface area (Å²) in [6, 6.07) is 6.11. The van der Waals surface area contributed by atoms with E-state index in [1.54, 1.807) is 0 Å². The molecule has 0 saturated heterocycles. The molecule has 2 N–H and O–H groups in total. The summed E-state index contributed by atoms with van der Waals surface area (Å²) in [6.07, 6.45) is 0. The number of hydrogen-bond donors (Lipinski definition) is 2. The minimum atomic E-state index is -0.129. The molecule has 2 aromatic rings. The van der Waals surface area contributed by atoms with Gasteiger partial charge in [-0.1, -0.05) is 17.4 Å². The van der Waals surface area contributed by atoms with Gasteiger partial charge in [0.2, 0.25) is 11.0 Å². The zero-order valence-corrected chi connectivity index (χ0v) is 12.0. The molecular weight excluding hydrogens is 260 g/mol. The Hall–Kier alpha value is -1.95. The summed E-state index contributed by atoms with van der Waals surface area (Å²) in [4.78, 5) is 11.7. The van der Waals surface area contributed by atoms with Crippen LogP contribution in [0.5, 0.6) is 0 Å². The van der Waals surface area contributed by atoms with Gasteiger partial charge >= 0.3 is 0 Å². The summed E-state index contributed by atoms with van der Waals surface area (Å²) < 4.78 is 0. The standard InChI is InChI=1S/C13H16N4OS/c1-8-4-9(2)6-11(5-8)14-7-12(18)15-13-17-16-10(3)19-13/h4-6,14H,7H2,1-3H3,(H,15,17,18). The van der Waals surface area contributed by atoms with Gasteiger partial charge in [0.05, 0.1) is 6.54 Å². The molecule has 0 unspecified atom stereocenters. The Balaban J connectivity index is 1.89. The lowest BCUT2D eigenvalue weighted by Crippen LogP contribution is -2.21. The van der Waals surface area contributed by atoms with Gasteiger partial charge in [-0.3, -0.25) is 10.1 Å². The van der Waals surface area contributed by atoms with Crippen LogP contribution >= 0.6 is 11.3 Å². The van der Waals surface area contributed by atoms with Crippen molar-refractivity contribution in [2.45, 2.75) is 20.8 Å². The molecule has 1 amide bonds. The number of hydrogen-bond acceptors (Lipinski definition) is 5. The molecule has 0 aliphatic carbocycles. The van der Waals surface area contributed by atoms with E-state index in [1.165, 1.54) is 22.5 Å². The van der Waals surface area contributed by atoms with Crippen LogP contribution in [0.1, 0.15) is 16.1 Å². The summed E-state index contributed by atoms with van der Waals surface area (Å²) in [5.41, 5.74) is 3.28. The first-order valence-electron chi connectivity index (χ1n) is 5.95. The fourth-order valence-electron chi connectivity index (χ4n) is 1.77. The SMILES string of the molecule is Cc1cc(C)cc(NCC(=O)Nc2nnc(C)s2)c1. The van der Waals surface area contributed by atoms with Crippen LogP contribution in [-0.4, -0.2) is 22.6 Å². The normalized spacial score (nSPS) is 10.3.